The Morgan fingerprint density at radius 3 is 2.80 bits per heavy atom. The Bertz CT molecular complexity index is 894. The van der Waals surface area contributed by atoms with Gasteiger partial charge in [0.25, 0.3) is 5.91 Å². The molecule has 2 heterocycles. The molecule has 8 heteroatoms. The molecule has 25 heavy (non-hydrogen) atoms. The van der Waals surface area contributed by atoms with Crippen molar-refractivity contribution >= 4 is 11.9 Å². The molecule has 1 aromatic heterocycles. The van der Waals surface area contributed by atoms with Crippen LogP contribution in [0.2, 0.25) is 0 Å². The molecule has 1 amide bonds. The minimum absolute atomic E-state index is 0.00525. The zero-order valence-electron chi connectivity index (χ0n) is 13.0. The Kier molecular flexibility index (Phi) is 3.91. The summed E-state index contributed by atoms with van der Waals surface area (Å²) in [6.45, 7) is 0.0249. The standard InChI is InChI=1S/C17H13N3O5/c21-15(9-22-12-4-2-1-3-5-12)18-17-20-19-16(25-17)11-6-7-13-14(8-11)24-10-23-13/h1-8H,9-10H2,(H,18,20,21). The first-order chi connectivity index (χ1) is 12.3. The summed E-state index contributed by atoms with van der Waals surface area (Å²) in [5.74, 6) is 1.74. The van der Waals surface area contributed by atoms with Gasteiger partial charge in [-0.2, -0.15) is 0 Å². The Hall–Kier alpha value is -3.55. The molecule has 0 atom stereocenters. The van der Waals surface area contributed by atoms with E-state index in [1.165, 1.54) is 0 Å². The number of nitrogens with one attached hydrogen (secondary N) is 1. The van der Waals surface area contributed by atoms with Crippen molar-refractivity contribution in [2.75, 3.05) is 18.7 Å². The quantitative estimate of drug-likeness (QED) is 0.763. The zero-order chi connectivity index (χ0) is 17.1. The van der Waals surface area contributed by atoms with Crippen LogP contribution in [-0.4, -0.2) is 29.5 Å². The van der Waals surface area contributed by atoms with E-state index in [0.717, 1.165) is 0 Å². The molecule has 8 nitrogen and oxygen atoms in total. The molecular formula is C17H13N3O5. The average molecular weight is 339 g/mol. The van der Waals surface area contributed by atoms with Crippen LogP contribution in [0.3, 0.4) is 0 Å². The number of nitrogens with zero attached hydrogens (tertiary/aromatic N) is 2. The number of amides is 1. The van der Waals surface area contributed by atoms with E-state index < -0.39 is 5.91 Å². The summed E-state index contributed by atoms with van der Waals surface area (Å²) in [6, 6.07) is 14.3. The van der Waals surface area contributed by atoms with Gasteiger partial charge in [-0.15, -0.1) is 5.10 Å². The van der Waals surface area contributed by atoms with E-state index in [2.05, 4.69) is 15.5 Å². The van der Waals surface area contributed by atoms with Crippen molar-refractivity contribution in [1.29, 1.82) is 0 Å². The van der Waals surface area contributed by atoms with Gasteiger partial charge in [0.15, 0.2) is 18.1 Å². The molecule has 0 saturated carbocycles. The molecule has 0 unspecified atom stereocenters. The SMILES string of the molecule is O=C(COc1ccccc1)Nc1nnc(-c2ccc3c(c2)OCO3)o1. The number of carbonyl (C=O) groups excluding carboxylic acids is 1. The summed E-state index contributed by atoms with van der Waals surface area (Å²) < 4.78 is 21.4. The summed E-state index contributed by atoms with van der Waals surface area (Å²) >= 11 is 0. The van der Waals surface area contributed by atoms with Crippen LogP contribution in [0, 0.1) is 0 Å². The maximum Gasteiger partial charge on any atom is 0.322 e. The highest BCUT2D eigenvalue weighted by Crippen LogP contribution is 2.35. The number of aromatic nitrogens is 2. The second-order valence-corrected chi connectivity index (χ2v) is 5.13. The van der Waals surface area contributed by atoms with E-state index in [9.17, 15) is 4.79 Å². The maximum atomic E-state index is 11.9. The third kappa shape index (κ3) is 3.37. The minimum atomic E-state index is -0.398. The smallest absolute Gasteiger partial charge is 0.322 e. The number of carbonyl (C=O) groups is 1. The van der Waals surface area contributed by atoms with Gasteiger partial charge in [-0.25, -0.2) is 0 Å². The van der Waals surface area contributed by atoms with Gasteiger partial charge < -0.3 is 18.6 Å². The first kappa shape index (κ1) is 15.0. The van der Waals surface area contributed by atoms with Crippen LogP contribution in [0.1, 0.15) is 0 Å². The van der Waals surface area contributed by atoms with Crippen LogP contribution in [0.25, 0.3) is 11.5 Å². The van der Waals surface area contributed by atoms with Gasteiger partial charge in [-0.1, -0.05) is 23.3 Å². The van der Waals surface area contributed by atoms with E-state index in [-0.39, 0.29) is 25.3 Å². The molecule has 4 rings (SSSR count). The molecular weight excluding hydrogens is 326 g/mol. The van der Waals surface area contributed by atoms with Gasteiger partial charge in [-0.3, -0.25) is 10.1 Å². The first-order valence-electron chi connectivity index (χ1n) is 7.49. The normalized spacial score (nSPS) is 12.0. The van der Waals surface area contributed by atoms with Crippen LogP contribution in [-0.2, 0) is 4.79 Å². The molecule has 0 saturated heterocycles. The second kappa shape index (κ2) is 6.52. The lowest BCUT2D eigenvalue weighted by Crippen LogP contribution is -2.20. The van der Waals surface area contributed by atoms with Crippen molar-refractivity contribution in [3.63, 3.8) is 0 Å². The highest BCUT2D eigenvalue weighted by molar-refractivity contribution is 5.89. The molecule has 2 aromatic carbocycles. The molecule has 1 aliphatic rings. The van der Waals surface area contributed by atoms with Crippen molar-refractivity contribution in [3.05, 3.63) is 48.5 Å². The average Bonchev–Trinajstić information content (AvgIpc) is 3.29. The highest BCUT2D eigenvalue weighted by atomic mass is 16.7. The van der Waals surface area contributed by atoms with Gasteiger partial charge >= 0.3 is 6.01 Å². The Labute approximate surface area is 142 Å². The van der Waals surface area contributed by atoms with Crippen LogP contribution in [0.15, 0.2) is 52.9 Å². The van der Waals surface area contributed by atoms with Crippen LogP contribution >= 0.6 is 0 Å². The summed E-state index contributed by atoms with van der Waals surface area (Å²) in [5, 5.41) is 10.2. The fraction of sp³-hybridized carbons (Fsp3) is 0.118. The minimum Gasteiger partial charge on any atom is -0.484 e. The molecule has 126 valence electrons. The number of hydrogen-bond acceptors (Lipinski definition) is 7. The molecule has 0 bridgehead atoms. The first-order valence-corrected chi connectivity index (χ1v) is 7.49. The predicted octanol–water partition coefficient (Wildman–Crippen LogP) is 2.48. The van der Waals surface area contributed by atoms with Crippen molar-refractivity contribution < 1.29 is 23.4 Å². The van der Waals surface area contributed by atoms with Gasteiger partial charge in [0.2, 0.25) is 12.7 Å². The summed E-state index contributed by atoms with van der Waals surface area (Å²) in [6.07, 6.45) is 0. The third-order valence-electron chi connectivity index (χ3n) is 3.40. The van der Waals surface area contributed by atoms with Gasteiger partial charge in [0, 0.05) is 5.56 Å². The monoisotopic (exact) mass is 339 g/mol. The Morgan fingerprint density at radius 1 is 1.08 bits per heavy atom. The number of benzene rings is 2. The summed E-state index contributed by atoms with van der Waals surface area (Å²) in [7, 11) is 0. The van der Waals surface area contributed by atoms with Crippen molar-refractivity contribution in [2.45, 2.75) is 0 Å². The fourth-order valence-electron chi connectivity index (χ4n) is 2.24. The maximum absolute atomic E-state index is 11.9. The Morgan fingerprint density at radius 2 is 1.92 bits per heavy atom. The Balaban J connectivity index is 1.39. The van der Waals surface area contributed by atoms with Crippen LogP contribution < -0.4 is 19.5 Å². The lowest BCUT2D eigenvalue weighted by molar-refractivity contribution is -0.118. The van der Waals surface area contributed by atoms with Crippen LogP contribution in [0.5, 0.6) is 17.2 Å². The van der Waals surface area contributed by atoms with E-state index in [4.69, 9.17) is 18.6 Å². The van der Waals surface area contributed by atoms with Crippen molar-refractivity contribution in [1.82, 2.24) is 10.2 Å². The molecule has 1 aliphatic heterocycles. The third-order valence-corrected chi connectivity index (χ3v) is 3.40. The molecule has 0 spiro atoms. The molecule has 1 N–H and O–H groups in total. The van der Waals surface area contributed by atoms with E-state index in [1.54, 1.807) is 30.3 Å². The van der Waals surface area contributed by atoms with E-state index >= 15 is 0 Å². The lowest BCUT2D eigenvalue weighted by Gasteiger charge is -2.04. The zero-order valence-corrected chi connectivity index (χ0v) is 13.0. The number of ether oxygens (including phenoxy) is 3. The fourth-order valence-corrected chi connectivity index (χ4v) is 2.24. The van der Waals surface area contributed by atoms with Crippen molar-refractivity contribution in [2.24, 2.45) is 0 Å². The number of fused-ring (bicyclic) bond motifs is 1. The summed E-state index contributed by atoms with van der Waals surface area (Å²) in [5.41, 5.74) is 0.665. The molecule has 0 radical (unpaired) electrons. The molecule has 3 aromatic rings. The number of anilines is 1. The predicted molar refractivity (Wildman–Crippen MR) is 86.4 cm³/mol. The lowest BCUT2D eigenvalue weighted by atomic mass is 10.2. The van der Waals surface area contributed by atoms with Gasteiger partial charge in [-0.05, 0) is 30.3 Å². The second-order valence-electron chi connectivity index (χ2n) is 5.13. The van der Waals surface area contributed by atoms with Crippen LogP contribution in [0.4, 0.5) is 6.01 Å². The van der Waals surface area contributed by atoms with E-state index in [0.29, 0.717) is 22.8 Å². The molecule has 0 aliphatic carbocycles. The van der Waals surface area contributed by atoms with Gasteiger partial charge in [0.1, 0.15) is 5.75 Å². The largest absolute Gasteiger partial charge is 0.484 e. The highest BCUT2D eigenvalue weighted by Gasteiger charge is 2.17. The van der Waals surface area contributed by atoms with E-state index in [1.807, 2.05) is 18.2 Å². The topological polar surface area (TPSA) is 95.7 Å². The number of para-hydroxylation sites is 1. The summed E-state index contributed by atoms with van der Waals surface area (Å²) in [4.78, 5) is 11.9. The number of hydrogen-bond donors (Lipinski definition) is 1. The van der Waals surface area contributed by atoms with Gasteiger partial charge in [0.05, 0.1) is 0 Å². The molecule has 0 fully saturated rings. The number of rotatable bonds is 5. The van der Waals surface area contributed by atoms with Crippen molar-refractivity contribution in [3.8, 4) is 28.7 Å².